The highest BCUT2D eigenvalue weighted by molar-refractivity contribution is 5.76. The van der Waals surface area contributed by atoms with Crippen molar-refractivity contribution in [2.45, 2.75) is 31.7 Å². The second kappa shape index (κ2) is 4.17. The predicted octanol–water partition coefficient (Wildman–Crippen LogP) is 2.44. The van der Waals surface area contributed by atoms with Gasteiger partial charge in [-0.25, -0.2) is 0 Å². The number of hydrogen-bond donors (Lipinski definition) is 0. The van der Waals surface area contributed by atoms with Crippen LogP contribution in [0.2, 0.25) is 0 Å². The number of aromatic nitrogens is 1. The Morgan fingerprint density at radius 1 is 1.31 bits per heavy atom. The Bertz CT molecular complexity index is 273. The van der Waals surface area contributed by atoms with Gasteiger partial charge in [-0.1, -0.05) is 18.9 Å². The van der Waals surface area contributed by atoms with E-state index in [1.807, 2.05) is 24.4 Å². The number of pyridine rings is 1. The van der Waals surface area contributed by atoms with Gasteiger partial charge < -0.3 is 0 Å². The van der Waals surface area contributed by atoms with E-state index in [-0.39, 0.29) is 0 Å². The summed E-state index contributed by atoms with van der Waals surface area (Å²) in [5, 5.41) is 0. The maximum absolute atomic E-state index is 4.51. The van der Waals surface area contributed by atoms with Crippen LogP contribution in [0.1, 0.15) is 31.4 Å². The van der Waals surface area contributed by atoms with Crippen molar-refractivity contribution in [2.75, 3.05) is 0 Å². The van der Waals surface area contributed by atoms with Crippen LogP contribution < -0.4 is 0 Å². The molecule has 2 rings (SSSR count). The highest BCUT2D eigenvalue weighted by atomic mass is 14.8. The zero-order valence-corrected chi connectivity index (χ0v) is 7.69. The summed E-state index contributed by atoms with van der Waals surface area (Å²) in [6.45, 7) is 0. The summed E-state index contributed by atoms with van der Waals surface area (Å²) >= 11 is 0. The molecule has 68 valence electrons. The summed E-state index contributed by atoms with van der Waals surface area (Å²) in [6, 6.07) is 6.45. The van der Waals surface area contributed by atoms with Crippen molar-refractivity contribution in [2.24, 2.45) is 4.99 Å². The third-order valence-corrected chi connectivity index (χ3v) is 2.43. The van der Waals surface area contributed by atoms with Crippen LogP contribution in [-0.4, -0.2) is 17.2 Å². The molecule has 0 unspecified atom stereocenters. The number of nitrogens with zero attached hydrogens (tertiary/aromatic N) is 2. The van der Waals surface area contributed by atoms with Crippen molar-refractivity contribution >= 4 is 6.21 Å². The Morgan fingerprint density at radius 3 is 2.85 bits per heavy atom. The van der Waals surface area contributed by atoms with Crippen LogP contribution in [0.25, 0.3) is 0 Å². The maximum atomic E-state index is 4.51. The normalized spacial score (nSPS) is 18.5. The molecule has 1 aromatic heterocycles. The molecule has 0 aliphatic heterocycles. The third kappa shape index (κ3) is 2.38. The van der Waals surface area contributed by atoms with Gasteiger partial charge in [-0.05, 0) is 25.0 Å². The molecule has 2 heteroatoms. The van der Waals surface area contributed by atoms with Crippen molar-refractivity contribution in [3.05, 3.63) is 30.1 Å². The number of aliphatic imine (C=N–C) groups is 1. The van der Waals surface area contributed by atoms with Crippen LogP contribution in [0.4, 0.5) is 0 Å². The van der Waals surface area contributed by atoms with Gasteiger partial charge in [-0.15, -0.1) is 0 Å². The largest absolute Gasteiger partial charge is 0.288 e. The Balaban J connectivity index is 1.97. The summed E-state index contributed by atoms with van der Waals surface area (Å²) in [5.74, 6) is 0. The molecule has 0 amide bonds. The van der Waals surface area contributed by atoms with E-state index in [2.05, 4.69) is 9.98 Å². The molecule has 0 radical (unpaired) electrons. The molecule has 1 aliphatic carbocycles. The Kier molecular flexibility index (Phi) is 2.70. The fraction of sp³-hybridized carbons (Fsp3) is 0.455. The summed E-state index contributed by atoms with van der Waals surface area (Å²) in [5.41, 5.74) is 0.967. The first kappa shape index (κ1) is 8.42. The van der Waals surface area contributed by atoms with E-state index in [0.717, 1.165) is 5.69 Å². The first-order chi connectivity index (χ1) is 6.45. The first-order valence-electron chi connectivity index (χ1n) is 4.89. The molecule has 1 saturated carbocycles. The predicted molar refractivity (Wildman–Crippen MR) is 54.1 cm³/mol. The molecular formula is C11H14N2. The lowest BCUT2D eigenvalue weighted by Gasteiger charge is -1.99. The molecule has 0 atom stereocenters. The quantitative estimate of drug-likeness (QED) is 0.632. The monoisotopic (exact) mass is 174 g/mol. The Hall–Kier alpha value is -1.18. The standard InChI is InChI=1S/C11H14N2/c1-2-6-10(5-1)13-9-11-7-3-4-8-12-11/h3-4,7-10H,1-2,5-6H2. The summed E-state index contributed by atoms with van der Waals surface area (Å²) < 4.78 is 0. The van der Waals surface area contributed by atoms with Gasteiger partial charge in [0.2, 0.25) is 0 Å². The van der Waals surface area contributed by atoms with Gasteiger partial charge in [-0.3, -0.25) is 9.98 Å². The molecule has 0 N–H and O–H groups in total. The van der Waals surface area contributed by atoms with Crippen molar-refractivity contribution in [1.82, 2.24) is 4.98 Å². The van der Waals surface area contributed by atoms with E-state index in [0.29, 0.717) is 6.04 Å². The van der Waals surface area contributed by atoms with Crippen LogP contribution in [0.3, 0.4) is 0 Å². The van der Waals surface area contributed by atoms with E-state index in [4.69, 9.17) is 0 Å². The highest BCUT2D eigenvalue weighted by Crippen LogP contribution is 2.20. The molecule has 2 nitrogen and oxygen atoms in total. The second-order valence-electron chi connectivity index (χ2n) is 3.47. The maximum Gasteiger partial charge on any atom is 0.0807 e. The van der Waals surface area contributed by atoms with Crippen molar-refractivity contribution in [3.63, 3.8) is 0 Å². The fourth-order valence-electron chi connectivity index (χ4n) is 1.69. The van der Waals surface area contributed by atoms with E-state index in [9.17, 15) is 0 Å². The van der Waals surface area contributed by atoms with Gasteiger partial charge in [0.05, 0.1) is 11.7 Å². The molecule has 0 bridgehead atoms. The molecule has 1 heterocycles. The van der Waals surface area contributed by atoms with Gasteiger partial charge >= 0.3 is 0 Å². The minimum Gasteiger partial charge on any atom is -0.288 e. The molecule has 0 saturated heterocycles. The van der Waals surface area contributed by atoms with Crippen LogP contribution in [0, 0.1) is 0 Å². The second-order valence-corrected chi connectivity index (χ2v) is 3.47. The van der Waals surface area contributed by atoms with Crippen molar-refractivity contribution < 1.29 is 0 Å². The lowest BCUT2D eigenvalue weighted by molar-refractivity contribution is 0.710. The Labute approximate surface area is 78.7 Å². The Morgan fingerprint density at radius 2 is 2.15 bits per heavy atom. The number of hydrogen-bond acceptors (Lipinski definition) is 2. The van der Waals surface area contributed by atoms with Crippen molar-refractivity contribution in [3.8, 4) is 0 Å². The number of rotatable bonds is 2. The minimum atomic E-state index is 0.557. The molecule has 0 aromatic carbocycles. The fourth-order valence-corrected chi connectivity index (χ4v) is 1.69. The molecular weight excluding hydrogens is 160 g/mol. The average molecular weight is 174 g/mol. The van der Waals surface area contributed by atoms with Gasteiger partial charge in [0.1, 0.15) is 0 Å². The lowest BCUT2D eigenvalue weighted by Crippen LogP contribution is -1.97. The van der Waals surface area contributed by atoms with Gasteiger partial charge in [0.15, 0.2) is 0 Å². The topological polar surface area (TPSA) is 25.2 Å². The van der Waals surface area contributed by atoms with Gasteiger partial charge in [-0.2, -0.15) is 0 Å². The van der Waals surface area contributed by atoms with E-state index >= 15 is 0 Å². The molecule has 13 heavy (non-hydrogen) atoms. The minimum absolute atomic E-state index is 0.557. The average Bonchev–Trinajstić information content (AvgIpc) is 2.69. The van der Waals surface area contributed by atoms with E-state index in [1.54, 1.807) is 6.20 Å². The lowest BCUT2D eigenvalue weighted by atomic mass is 10.3. The van der Waals surface area contributed by atoms with Gasteiger partial charge in [0, 0.05) is 12.4 Å². The third-order valence-electron chi connectivity index (χ3n) is 2.43. The van der Waals surface area contributed by atoms with Gasteiger partial charge in [0.25, 0.3) is 0 Å². The molecule has 0 spiro atoms. The van der Waals surface area contributed by atoms with Crippen LogP contribution in [0.15, 0.2) is 29.4 Å². The van der Waals surface area contributed by atoms with Crippen molar-refractivity contribution in [1.29, 1.82) is 0 Å². The zero-order chi connectivity index (χ0) is 8.93. The highest BCUT2D eigenvalue weighted by Gasteiger charge is 2.11. The molecule has 1 aromatic rings. The first-order valence-corrected chi connectivity index (χ1v) is 4.89. The van der Waals surface area contributed by atoms with Crippen LogP contribution in [0.5, 0.6) is 0 Å². The summed E-state index contributed by atoms with van der Waals surface area (Å²) in [7, 11) is 0. The van der Waals surface area contributed by atoms with E-state index in [1.165, 1.54) is 25.7 Å². The molecule has 1 aliphatic rings. The van der Waals surface area contributed by atoms with Crippen LogP contribution in [-0.2, 0) is 0 Å². The van der Waals surface area contributed by atoms with E-state index < -0.39 is 0 Å². The van der Waals surface area contributed by atoms with Crippen LogP contribution >= 0.6 is 0 Å². The molecule has 1 fully saturated rings. The summed E-state index contributed by atoms with van der Waals surface area (Å²) in [4.78, 5) is 8.70. The zero-order valence-electron chi connectivity index (χ0n) is 7.69. The smallest absolute Gasteiger partial charge is 0.0807 e. The SMILES string of the molecule is C(=NC1CCCC1)c1ccccn1. The summed E-state index contributed by atoms with van der Waals surface area (Å²) in [6.07, 6.45) is 8.88.